The number of nitrogens with zero attached hydrogens (tertiary/aromatic N) is 5. The number of aryl methyl sites for hydroxylation is 1. The summed E-state index contributed by atoms with van der Waals surface area (Å²) < 4.78 is 1.32. The number of primary amides is 1. The maximum atomic E-state index is 13.1. The van der Waals surface area contributed by atoms with Gasteiger partial charge in [0.25, 0.3) is 11.5 Å². The smallest absolute Gasteiger partial charge is 0.331 e. The fourth-order valence-electron chi connectivity index (χ4n) is 3.45. The van der Waals surface area contributed by atoms with Crippen LogP contribution in [0.2, 0.25) is 0 Å². The molecule has 5 rings (SSSR count). The van der Waals surface area contributed by atoms with E-state index < -0.39 is 11.9 Å². The standard InChI is InChI=1S/C19H13N7O3S/c1-9-7-13(27)25(12-3-2-5-22-24-12)8-11(9)26-10-4-6-21-18-14(10)15(23-19(26)29)16(30-18)17(20)28/h2-8H,1H3,(H2,20,28)(H,23,29). The zero-order valence-corrected chi connectivity index (χ0v) is 16.3. The van der Waals surface area contributed by atoms with Gasteiger partial charge in [-0.2, -0.15) is 5.10 Å². The summed E-state index contributed by atoms with van der Waals surface area (Å²) >= 11 is 1.12. The van der Waals surface area contributed by atoms with Gasteiger partial charge < -0.3 is 11.1 Å². The molecule has 10 nitrogen and oxygen atoms in total. The van der Waals surface area contributed by atoms with Gasteiger partial charge in [0, 0.05) is 24.7 Å². The number of carbonyl (C=O) groups is 2. The van der Waals surface area contributed by atoms with Crippen molar-refractivity contribution in [1.82, 2.24) is 19.7 Å². The highest BCUT2D eigenvalue weighted by atomic mass is 32.1. The molecule has 3 amide bonds. The molecule has 0 saturated heterocycles. The monoisotopic (exact) mass is 419 g/mol. The Balaban J connectivity index is 1.76. The lowest BCUT2D eigenvalue weighted by Gasteiger charge is -2.29. The first-order chi connectivity index (χ1) is 14.5. The molecule has 0 atom stereocenters. The third-order valence-electron chi connectivity index (χ3n) is 4.75. The third kappa shape index (κ3) is 2.56. The molecule has 4 aromatic rings. The van der Waals surface area contributed by atoms with Crippen LogP contribution in [0.3, 0.4) is 0 Å². The molecule has 148 valence electrons. The summed E-state index contributed by atoms with van der Waals surface area (Å²) in [6.07, 6.45) is 4.60. The third-order valence-corrected chi connectivity index (χ3v) is 5.86. The van der Waals surface area contributed by atoms with Crippen molar-refractivity contribution in [2.24, 2.45) is 5.73 Å². The van der Waals surface area contributed by atoms with Crippen LogP contribution >= 0.6 is 11.3 Å². The lowest BCUT2D eigenvalue weighted by molar-refractivity contribution is 0.100. The van der Waals surface area contributed by atoms with Crippen molar-refractivity contribution in [1.29, 1.82) is 0 Å². The fourth-order valence-corrected chi connectivity index (χ4v) is 4.42. The first-order valence-electron chi connectivity index (χ1n) is 8.79. The van der Waals surface area contributed by atoms with Crippen LogP contribution in [0, 0.1) is 6.92 Å². The fraction of sp³-hybridized carbons (Fsp3) is 0.0526. The molecule has 1 aliphatic rings. The Hall–Kier alpha value is -4.12. The maximum absolute atomic E-state index is 13.1. The molecule has 0 aliphatic carbocycles. The van der Waals surface area contributed by atoms with E-state index >= 15 is 0 Å². The van der Waals surface area contributed by atoms with Crippen LogP contribution in [-0.2, 0) is 0 Å². The Kier molecular flexibility index (Phi) is 3.86. The summed E-state index contributed by atoms with van der Waals surface area (Å²) in [4.78, 5) is 44.0. The number of amides is 3. The van der Waals surface area contributed by atoms with Gasteiger partial charge in [0.1, 0.15) is 9.71 Å². The van der Waals surface area contributed by atoms with Gasteiger partial charge >= 0.3 is 6.03 Å². The quantitative estimate of drug-likeness (QED) is 0.523. The zero-order valence-electron chi connectivity index (χ0n) is 15.5. The predicted molar refractivity (Wildman–Crippen MR) is 112 cm³/mol. The van der Waals surface area contributed by atoms with E-state index in [1.807, 2.05) is 0 Å². The normalized spacial score (nSPS) is 12.8. The van der Waals surface area contributed by atoms with E-state index in [0.29, 0.717) is 38.7 Å². The van der Waals surface area contributed by atoms with Gasteiger partial charge in [0.05, 0.1) is 22.4 Å². The molecule has 4 aromatic heterocycles. The molecule has 0 saturated carbocycles. The molecule has 0 bridgehead atoms. The summed E-state index contributed by atoms with van der Waals surface area (Å²) in [6, 6.07) is 5.93. The highest BCUT2D eigenvalue weighted by Gasteiger charge is 2.33. The number of carbonyl (C=O) groups excluding carboxylic acids is 2. The minimum absolute atomic E-state index is 0.235. The molecule has 0 aromatic carbocycles. The molecule has 1 aliphatic heterocycles. The van der Waals surface area contributed by atoms with Crippen molar-refractivity contribution >= 4 is 50.6 Å². The largest absolute Gasteiger partial charge is 0.365 e. The highest BCUT2D eigenvalue weighted by Crippen LogP contribution is 2.45. The lowest BCUT2D eigenvalue weighted by atomic mass is 10.1. The number of anilines is 3. The molecule has 0 spiro atoms. The van der Waals surface area contributed by atoms with Crippen LogP contribution in [0.1, 0.15) is 15.2 Å². The summed E-state index contributed by atoms with van der Waals surface area (Å²) in [5, 5.41) is 11.1. The van der Waals surface area contributed by atoms with Gasteiger partial charge in [-0.3, -0.25) is 19.1 Å². The average molecular weight is 419 g/mol. The Bertz CT molecular complexity index is 1410. The van der Waals surface area contributed by atoms with Crippen molar-refractivity contribution < 1.29 is 9.59 Å². The first-order valence-corrected chi connectivity index (χ1v) is 9.61. The van der Waals surface area contributed by atoms with Crippen LogP contribution in [0.25, 0.3) is 16.0 Å². The molecule has 0 radical (unpaired) electrons. The molecule has 3 N–H and O–H groups in total. The number of aromatic nitrogens is 4. The second-order valence-electron chi connectivity index (χ2n) is 6.58. The van der Waals surface area contributed by atoms with Gasteiger partial charge in [0.2, 0.25) is 0 Å². The van der Waals surface area contributed by atoms with Crippen LogP contribution in [0.5, 0.6) is 0 Å². The summed E-state index contributed by atoms with van der Waals surface area (Å²) in [5.74, 6) is -0.312. The molecular weight excluding hydrogens is 406 g/mol. The van der Waals surface area contributed by atoms with Crippen LogP contribution in [0.15, 0.2) is 47.7 Å². The van der Waals surface area contributed by atoms with Crippen molar-refractivity contribution in [3.63, 3.8) is 0 Å². The predicted octanol–water partition coefficient (Wildman–Crippen LogP) is 2.33. The Morgan fingerprint density at radius 1 is 1.20 bits per heavy atom. The zero-order chi connectivity index (χ0) is 21.0. The van der Waals surface area contributed by atoms with E-state index in [2.05, 4.69) is 20.5 Å². The summed E-state index contributed by atoms with van der Waals surface area (Å²) in [7, 11) is 0. The highest BCUT2D eigenvalue weighted by molar-refractivity contribution is 7.21. The molecule has 30 heavy (non-hydrogen) atoms. The van der Waals surface area contributed by atoms with Crippen molar-refractivity contribution in [2.45, 2.75) is 6.92 Å². The Labute approximate surface area is 172 Å². The molecule has 0 unspecified atom stereocenters. The van der Waals surface area contributed by atoms with Crippen molar-refractivity contribution in [3.05, 3.63) is 63.7 Å². The van der Waals surface area contributed by atoms with E-state index in [9.17, 15) is 14.4 Å². The van der Waals surface area contributed by atoms with Gasteiger partial charge in [-0.05, 0) is 30.7 Å². The number of rotatable bonds is 3. The molecule has 0 fully saturated rings. The lowest BCUT2D eigenvalue weighted by Crippen LogP contribution is -2.36. The average Bonchev–Trinajstić information content (AvgIpc) is 3.10. The van der Waals surface area contributed by atoms with Crippen LogP contribution < -0.4 is 21.5 Å². The van der Waals surface area contributed by atoms with Crippen LogP contribution in [-0.4, -0.2) is 31.7 Å². The van der Waals surface area contributed by atoms with E-state index in [1.165, 1.54) is 21.7 Å². The van der Waals surface area contributed by atoms with E-state index in [1.54, 1.807) is 37.5 Å². The maximum Gasteiger partial charge on any atom is 0.331 e. The van der Waals surface area contributed by atoms with Crippen molar-refractivity contribution in [3.8, 4) is 5.82 Å². The number of nitrogens with one attached hydrogen (secondary N) is 1. The molecule has 5 heterocycles. The minimum atomic E-state index is -0.639. The van der Waals surface area contributed by atoms with Crippen molar-refractivity contribution in [2.75, 3.05) is 10.2 Å². The van der Waals surface area contributed by atoms with Gasteiger partial charge in [-0.1, -0.05) is 0 Å². The Morgan fingerprint density at radius 2 is 2.03 bits per heavy atom. The summed E-state index contributed by atoms with van der Waals surface area (Å²) in [6.45, 7) is 1.74. The topological polar surface area (TPSA) is 136 Å². The van der Waals surface area contributed by atoms with Gasteiger partial charge in [-0.15, -0.1) is 16.4 Å². The van der Waals surface area contributed by atoms with Gasteiger partial charge in [0.15, 0.2) is 5.82 Å². The van der Waals surface area contributed by atoms with Gasteiger partial charge in [-0.25, -0.2) is 9.78 Å². The number of thiophene rings is 1. The number of nitrogens with two attached hydrogens (primary N) is 1. The number of hydrogen-bond donors (Lipinski definition) is 2. The summed E-state index contributed by atoms with van der Waals surface area (Å²) in [5.41, 5.74) is 7.12. The SMILES string of the molecule is Cc1cc(=O)n(-c2cccnn2)cc1N1C(=O)Nc2c(C(N)=O)sc3nccc1c23. The van der Waals surface area contributed by atoms with E-state index in [-0.39, 0.29) is 10.4 Å². The second kappa shape index (κ2) is 6.46. The minimum Gasteiger partial charge on any atom is -0.365 e. The first kappa shape index (κ1) is 17.9. The second-order valence-corrected chi connectivity index (χ2v) is 7.58. The molecular formula is C19H13N7O3S. The van der Waals surface area contributed by atoms with E-state index in [0.717, 1.165) is 11.3 Å². The Morgan fingerprint density at radius 3 is 2.77 bits per heavy atom. The van der Waals surface area contributed by atoms with E-state index in [4.69, 9.17) is 5.73 Å². The van der Waals surface area contributed by atoms with Crippen LogP contribution in [0.4, 0.5) is 21.9 Å². The number of urea groups is 1. The number of hydrogen-bond acceptors (Lipinski definition) is 7. The molecule has 11 heteroatoms. The number of pyridine rings is 2.